The molecule has 1 aromatic heterocycles. The molecule has 0 aliphatic rings. The lowest BCUT2D eigenvalue weighted by Crippen LogP contribution is -2.10. The van der Waals surface area contributed by atoms with E-state index < -0.39 is 0 Å². The number of pyridine rings is 1. The van der Waals surface area contributed by atoms with Gasteiger partial charge in [-0.15, -0.1) is 0 Å². The zero-order valence-electron chi connectivity index (χ0n) is 11.1. The van der Waals surface area contributed by atoms with Crippen LogP contribution < -0.4 is 10.5 Å². The first-order valence-electron chi connectivity index (χ1n) is 6.25. The maximum Gasteiger partial charge on any atom is 0.145 e. The lowest BCUT2D eigenvalue weighted by molar-refractivity contribution is 0.475. The van der Waals surface area contributed by atoms with E-state index in [1.54, 1.807) is 12.3 Å². The van der Waals surface area contributed by atoms with Crippen molar-refractivity contribution in [3.05, 3.63) is 52.8 Å². The molecule has 0 saturated carbocycles. The fraction of sp³-hybridized carbons (Fsp3) is 0.267. The summed E-state index contributed by atoms with van der Waals surface area (Å²) < 4.78 is 5.77. The summed E-state index contributed by atoms with van der Waals surface area (Å²) in [5, 5.41) is 0.701. The monoisotopic (exact) mass is 276 g/mol. The van der Waals surface area contributed by atoms with E-state index in [-0.39, 0.29) is 6.04 Å². The fourth-order valence-corrected chi connectivity index (χ4v) is 1.96. The normalized spacial score (nSPS) is 12.2. The summed E-state index contributed by atoms with van der Waals surface area (Å²) in [7, 11) is 0. The predicted molar refractivity (Wildman–Crippen MR) is 77.7 cm³/mol. The second-order valence-corrected chi connectivity index (χ2v) is 4.88. The summed E-state index contributed by atoms with van der Waals surface area (Å²) in [4.78, 5) is 4.32. The molecule has 0 fully saturated rings. The van der Waals surface area contributed by atoms with Crippen LogP contribution in [-0.4, -0.2) is 4.98 Å². The van der Waals surface area contributed by atoms with Gasteiger partial charge in [-0.2, -0.15) is 0 Å². The van der Waals surface area contributed by atoms with Crippen LogP contribution in [0.2, 0.25) is 5.02 Å². The summed E-state index contributed by atoms with van der Waals surface area (Å²) in [6.45, 7) is 3.99. The van der Waals surface area contributed by atoms with Gasteiger partial charge < -0.3 is 10.5 Å². The van der Waals surface area contributed by atoms with Gasteiger partial charge in [0.2, 0.25) is 0 Å². The quantitative estimate of drug-likeness (QED) is 0.908. The highest BCUT2D eigenvalue weighted by Gasteiger charge is 2.06. The third-order valence-electron chi connectivity index (χ3n) is 2.94. The summed E-state index contributed by atoms with van der Waals surface area (Å²) in [6, 6.07) is 9.28. The Morgan fingerprint density at radius 3 is 2.68 bits per heavy atom. The molecule has 100 valence electrons. The minimum absolute atomic E-state index is 0.0219. The SMILES string of the molecule is CC[C@@H](N)c1ccc(Oc2ccc(Cl)cc2C)cn1. The number of ether oxygens (including phenoxy) is 1. The lowest BCUT2D eigenvalue weighted by atomic mass is 10.1. The summed E-state index contributed by atoms with van der Waals surface area (Å²) >= 11 is 5.91. The van der Waals surface area contributed by atoms with Crippen LogP contribution in [0.4, 0.5) is 0 Å². The van der Waals surface area contributed by atoms with Crippen molar-refractivity contribution >= 4 is 11.6 Å². The first-order chi connectivity index (χ1) is 9.10. The minimum Gasteiger partial charge on any atom is -0.455 e. The number of hydrogen-bond acceptors (Lipinski definition) is 3. The maximum atomic E-state index is 5.92. The van der Waals surface area contributed by atoms with Crippen molar-refractivity contribution in [3.8, 4) is 11.5 Å². The van der Waals surface area contributed by atoms with Crippen LogP contribution in [0.5, 0.6) is 11.5 Å². The fourth-order valence-electron chi connectivity index (χ4n) is 1.73. The number of aryl methyl sites for hydroxylation is 1. The molecule has 4 heteroatoms. The standard InChI is InChI=1S/C15H17ClN2O/c1-3-13(17)14-6-5-12(9-18-14)19-15-7-4-11(16)8-10(15)2/h4-9,13H,3,17H2,1-2H3/t13-/m1/s1. The molecule has 1 aromatic carbocycles. The van der Waals surface area contributed by atoms with Gasteiger partial charge in [0.15, 0.2) is 0 Å². The van der Waals surface area contributed by atoms with Gasteiger partial charge in [-0.3, -0.25) is 4.98 Å². The highest BCUT2D eigenvalue weighted by atomic mass is 35.5. The van der Waals surface area contributed by atoms with Gasteiger partial charge in [-0.1, -0.05) is 18.5 Å². The largest absolute Gasteiger partial charge is 0.455 e. The Balaban J connectivity index is 2.15. The third kappa shape index (κ3) is 3.46. The molecule has 2 aromatic rings. The number of aromatic nitrogens is 1. The van der Waals surface area contributed by atoms with Crippen LogP contribution in [0, 0.1) is 6.92 Å². The molecule has 2 N–H and O–H groups in total. The number of nitrogens with two attached hydrogens (primary N) is 1. The molecule has 19 heavy (non-hydrogen) atoms. The van der Waals surface area contributed by atoms with E-state index >= 15 is 0 Å². The zero-order chi connectivity index (χ0) is 13.8. The summed E-state index contributed by atoms with van der Waals surface area (Å²) in [5.41, 5.74) is 7.78. The Labute approximate surface area is 118 Å². The van der Waals surface area contributed by atoms with Gasteiger partial charge >= 0.3 is 0 Å². The van der Waals surface area contributed by atoms with E-state index in [0.717, 1.165) is 23.4 Å². The molecule has 3 nitrogen and oxygen atoms in total. The van der Waals surface area contributed by atoms with E-state index in [0.29, 0.717) is 10.8 Å². The van der Waals surface area contributed by atoms with E-state index in [2.05, 4.69) is 4.98 Å². The van der Waals surface area contributed by atoms with E-state index in [1.165, 1.54) is 0 Å². The Bertz CT molecular complexity index is 555. The highest BCUT2D eigenvalue weighted by Crippen LogP contribution is 2.27. The van der Waals surface area contributed by atoms with Gasteiger partial charge in [0.1, 0.15) is 11.5 Å². The molecule has 0 unspecified atom stereocenters. The Kier molecular flexibility index (Phi) is 4.40. The first-order valence-corrected chi connectivity index (χ1v) is 6.63. The van der Waals surface area contributed by atoms with Crippen LogP contribution in [0.3, 0.4) is 0 Å². The molecule has 0 amide bonds. The molecule has 0 spiro atoms. The van der Waals surface area contributed by atoms with Crippen molar-refractivity contribution in [3.63, 3.8) is 0 Å². The van der Waals surface area contributed by atoms with Crippen molar-refractivity contribution in [2.75, 3.05) is 0 Å². The van der Waals surface area contributed by atoms with Crippen molar-refractivity contribution in [2.45, 2.75) is 26.3 Å². The zero-order valence-corrected chi connectivity index (χ0v) is 11.8. The van der Waals surface area contributed by atoms with Crippen LogP contribution >= 0.6 is 11.6 Å². The van der Waals surface area contributed by atoms with Gasteiger partial charge in [-0.05, 0) is 49.2 Å². The molecular formula is C15H17ClN2O. The van der Waals surface area contributed by atoms with Gasteiger partial charge in [0, 0.05) is 11.1 Å². The van der Waals surface area contributed by atoms with E-state index in [9.17, 15) is 0 Å². The Hall–Kier alpha value is -1.58. The number of benzene rings is 1. The lowest BCUT2D eigenvalue weighted by Gasteiger charge is -2.11. The number of halogens is 1. The predicted octanol–water partition coefficient (Wildman–Crippen LogP) is 4.25. The number of nitrogens with zero attached hydrogens (tertiary/aromatic N) is 1. The summed E-state index contributed by atoms with van der Waals surface area (Å²) in [6.07, 6.45) is 2.56. The van der Waals surface area contributed by atoms with Gasteiger partial charge in [-0.25, -0.2) is 0 Å². The van der Waals surface area contributed by atoms with Crippen LogP contribution in [0.1, 0.15) is 30.6 Å². The molecule has 1 atom stereocenters. The minimum atomic E-state index is -0.0219. The van der Waals surface area contributed by atoms with Crippen molar-refractivity contribution < 1.29 is 4.74 Å². The summed E-state index contributed by atoms with van der Waals surface area (Å²) in [5.74, 6) is 1.47. The average molecular weight is 277 g/mol. The van der Waals surface area contributed by atoms with E-state index in [4.69, 9.17) is 22.1 Å². The average Bonchev–Trinajstić information content (AvgIpc) is 2.42. The van der Waals surface area contributed by atoms with Crippen LogP contribution in [0.15, 0.2) is 36.5 Å². The van der Waals surface area contributed by atoms with Crippen molar-refractivity contribution in [2.24, 2.45) is 5.73 Å². The Morgan fingerprint density at radius 2 is 2.11 bits per heavy atom. The molecule has 2 rings (SSSR count). The molecular weight excluding hydrogens is 260 g/mol. The molecule has 1 heterocycles. The van der Waals surface area contributed by atoms with E-state index in [1.807, 2.05) is 38.1 Å². The van der Waals surface area contributed by atoms with Crippen molar-refractivity contribution in [1.29, 1.82) is 0 Å². The molecule has 0 radical (unpaired) electrons. The molecule has 0 aliphatic heterocycles. The highest BCUT2D eigenvalue weighted by molar-refractivity contribution is 6.30. The second kappa shape index (κ2) is 6.04. The molecule has 0 bridgehead atoms. The number of rotatable bonds is 4. The molecule has 0 aliphatic carbocycles. The number of hydrogen-bond donors (Lipinski definition) is 1. The first kappa shape index (κ1) is 13.8. The molecule has 0 saturated heterocycles. The smallest absolute Gasteiger partial charge is 0.145 e. The van der Waals surface area contributed by atoms with Crippen LogP contribution in [0.25, 0.3) is 0 Å². The second-order valence-electron chi connectivity index (χ2n) is 4.45. The van der Waals surface area contributed by atoms with Gasteiger partial charge in [0.05, 0.1) is 11.9 Å². The van der Waals surface area contributed by atoms with Crippen LogP contribution in [-0.2, 0) is 0 Å². The Morgan fingerprint density at radius 1 is 1.32 bits per heavy atom. The topological polar surface area (TPSA) is 48.1 Å². The third-order valence-corrected chi connectivity index (χ3v) is 3.18. The van der Waals surface area contributed by atoms with Crippen molar-refractivity contribution in [1.82, 2.24) is 4.98 Å². The maximum absolute atomic E-state index is 5.92. The van der Waals surface area contributed by atoms with Gasteiger partial charge in [0.25, 0.3) is 0 Å².